The molecule has 1 aromatic carbocycles. The molecular formula is C20H21N3O5S. The maximum atomic E-state index is 12.8. The molecule has 152 valence electrons. The van der Waals surface area contributed by atoms with E-state index < -0.39 is 11.8 Å². The van der Waals surface area contributed by atoms with E-state index in [-0.39, 0.29) is 23.7 Å². The van der Waals surface area contributed by atoms with E-state index in [2.05, 4.69) is 15.6 Å². The second-order valence-corrected chi connectivity index (χ2v) is 8.01. The second-order valence-electron chi connectivity index (χ2n) is 7.02. The molecule has 3 unspecified atom stereocenters. The zero-order chi connectivity index (χ0) is 20.4. The van der Waals surface area contributed by atoms with E-state index in [0.29, 0.717) is 23.2 Å². The van der Waals surface area contributed by atoms with Gasteiger partial charge < -0.3 is 19.5 Å². The summed E-state index contributed by atoms with van der Waals surface area (Å²) in [5.41, 5.74) is 1.43. The Morgan fingerprint density at radius 3 is 2.97 bits per heavy atom. The fourth-order valence-electron chi connectivity index (χ4n) is 3.34. The van der Waals surface area contributed by atoms with Gasteiger partial charge in [-0.2, -0.15) is 11.8 Å². The summed E-state index contributed by atoms with van der Waals surface area (Å²) in [5, 5.41) is 5.70. The highest BCUT2D eigenvalue weighted by Crippen LogP contribution is 2.47. The maximum absolute atomic E-state index is 12.8. The first-order valence-corrected chi connectivity index (χ1v) is 10.7. The van der Waals surface area contributed by atoms with Crippen LogP contribution in [0.2, 0.25) is 0 Å². The predicted octanol–water partition coefficient (Wildman–Crippen LogP) is 2.69. The van der Waals surface area contributed by atoms with E-state index >= 15 is 0 Å². The Morgan fingerprint density at radius 1 is 1.34 bits per heavy atom. The first-order chi connectivity index (χ1) is 14.0. The van der Waals surface area contributed by atoms with Gasteiger partial charge in [-0.25, -0.2) is 4.79 Å². The number of rotatable bonds is 8. The molecule has 0 spiro atoms. The number of oxazole rings is 1. The Hall–Kier alpha value is -2.94. The lowest BCUT2D eigenvalue weighted by atomic mass is 10.1. The Morgan fingerprint density at radius 2 is 2.21 bits per heavy atom. The summed E-state index contributed by atoms with van der Waals surface area (Å²) in [4.78, 5) is 39.3. The molecule has 0 radical (unpaired) electrons. The summed E-state index contributed by atoms with van der Waals surface area (Å²) in [6.45, 7) is 0. The third kappa shape index (κ3) is 4.40. The number of hydrogen-bond acceptors (Lipinski definition) is 6. The Labute approximate surface area is 170 Å². The number of H-pyrrole nitrogens is 1. The summed E-state index contributed by atoms with van der Waals surface area (Å²) in [6, 6.07) is 7.91. The van der Waals surface area contributed by atoms with Gasteiger partial charge in [0.1, 0.15) is 11.8 Å². The van der Waals surface area contributed by atoms with Crippen molar-refractivity contribution in [1.29, 1.82) is 0 Å². The van der Waals surface area contributed by atoms with E-state index in [4.69, 9.17) is 8.83 Å². The van der Waals surface area contributed by atoms with Crippen molar-refractivity contribution in [2.24, 2.45) is 5.92 Å². The molecule has 1 aliphatic carbocycles. The average molecular weight is 415 g/mol. The molecule has 0 aliphatic heterocycles. The van der Waals surface area contributed by atoms with Crippen LogP contribution in [0.1, 0.15) is 24.5 Å². The molecule has 9 heteroatoms. The lowest BCUT2D eigenvalue weighted by Crippen LogP contribution is -2.45. The van der Waals surface area contributed by atoms with Crippen LogP contribution in [0.3, 0.4) is 0 Å². The van der Waals surface area contributed by atoms with Crippen molar-refractivity contribution in [3.05, 3.63) is 52.9 Å². The van der Waals surface area contributed by atoms with Crippen LogP contribution in [0.15, 0.2) is 50.2 Å². The normalized spacial score (nSPS) is 19.1. The number of anilines is 1. The van der Waals surface area contributed by atoms with E-state index in [9.17, 15) is 14.4 Å². The highest BCUT2D eigenvalue weighted by molar-refractivity contribution is 7.98. The monoisotopic (exact) mass is 415 g/mol. The summed E-state index contributed by atoms with van der Waals surface area (Å²) in [5.74, 6) is 0.461. The molecule has 0 bridgehead atoms. The van der Waals surface area contributed by atoms with Gasteiger partial charge in [-0.05, 0) is 55.2 Å². The number of fused-ring (bicyclic) bond motifs is 1. The van der Waals surface area contributed by atoms with Crippen molar-refractivity contribution in [3.63, 3.8) is 0 Å². The number of furan rings is 1. The van der Waals surface area contributed by atoms with Gasteiger partial charge in [0.2, 0.25) is 11.8 Å². The van der Waals surface area contributed by atoms with Crippen LogP contribution >= 0.6 is 11.8 Å². The summed E-state index contributed by atoms with van der Waals surface area (Å²) < 4.78 is 10.3. The number of nitrogens with one attached hydrogen (secondary N) is 3. The number of carbonyl (C=O) groups is 2. The molecule has 1 saturated carbocycles. The third-order valence-electron chi connectivity index (χ3n) is 4.97. The van der Waals surface area contributed by atoms with Crippen LogP contribution in [0.5, 0.6) is 0 Å². The Balaban J connectivity index is 1.41. The fraction of sp³-hybridized carbons (Fsp3) is 0.350. The molecule has 29 heavy (non-hydrogen) atoms. The molecule has 3 atom stereocenters. The molecule has 2 heterocycles. The molecule has 8 nitrogen and oxygen atoms in total. The SMILES string of the molecule is CSCCC(NC(=O)C1CC1c1ccco1)C(=O)Nc1ccc2oc(=O)[nH]c2c1. The number of carbonyl (C=O) groups excluding carboxylic acids is 2. The first kappa shape index (κ1) is 19.4. The molecule has 2 amide bonds. The first-order valence-electron chi connectivity index (χ1n) is 9.31. The number of amides is 2. The smallest absolute Gasteiger partial charge is 0.417 e. The van der Waals surface area contributed by atoms with Crippen molar-refractivity contribution in [2.45, 2.75) is 24.8 Å². The third-order valence-corrected chi connectivity index (χ3v) is 5.61. The van der Waals surface area contributed by atoms with Gasteiger partial charge in [-0.3, -0.25) is 14.6 Å². The van der Waals surface area contributed by atoms with Gasteiger partial charge >= 0.3 is 5.76 Å². The van der Waals surface area contributed by atoms with Crippen LogP contribution in [0.4, 0.5) is 5.69 Å². The van der Waals surface area contributed by atoms with Crippen molar-refractivity contribution >= 4 is 40.4 Å². The number of thioether (sulfide) groups is 1. The zero-order valence-corrected chi connectivity index (χ0v) is 16.6. The lowest BCUT2D eigenvalue weighted by molar-refractivity contribution is -0.127. The van der Waals surface area contributed by atoms with Gasteiger partial charge in [0, 0.05) is 17.5 Å². The highest BCUT2D eigenvalue weighted by Gasteiger charge is 2.46. The van der Waals surface area contributed by atoms with Crippen LogP contribution in [0, 0.1) is 5.92 Å². The summed E-state index contributed by atoms with van der Waals surface area (Å²) >= 11 is 1.61. The van der Waals surface area contributed by atoms with Crippen molar-refractivity contribution in [2.75, 3.05) is 17.3 Å². The molecule has 4 rings (SSSR count). The van der Waals surface area contributed by atoms with E-state index in [1.54, 1.807) is 42.3 Å². The number of aromatic nitrogens is 1. The largest absolute Gasteiger partial charge is 0.469 e. The maximum Gasteiger partial charge on any atom is 0.417 e. The Kier molecular flexibility index (Phi) is 5.48. The van der Waals surface area contributed by atoms with Crippen LogP contribution in [0.25, 0.3) is 11.1 Å². The standard InChI is InChI=1S/C20H21N3O5S/c1-29-8-6-14(22-18(24)13-10-12(13)16-3-2-7-27-16)19(25)21-11-4-5-17-15(9-11)23-20(26)28-17/h2-5,7,9,12-14H,6,8,10H2,1H3,(H,21,25)(H,22,24)(H,23,26). The van der Waals surface area contributed by atoms with Gasteiger partial charge in [0.15, 0.2) is 5.58 Å². The highest BCUT2D eigenvalue weighted by atomic mass is 32.2. The van der Waals surface area contributed by atoms with Gasteiger partial charge in [-0.15, -0.1) is 0 Å². The molecular weight excluding hydrogens is 394 g/mol. The molecule has 3 N–H and O–H groups in total. The minimum Gasteiger partial charge on any atom is -0.469 e. The zero-order valence-electron chi connectivity index (χ0n) is 15.8. The molecule has 3 aromatic rings. The number of hydrogen-bond donors (Lipinski definition) is 3. The van der Waals surface area contributed by atoms with E-state index in [0.717, 1.165) is 17.9 Å². The summed E-state index contributed by atoms with van der Waals surface area (Å²) in [6.07, 6.45) is 4.79. The van der Waals surface area contributed by atoms with Crippen molar-refractivity contribution in [1.82, 2.24) is 10.3 Å². The molecule has 2 aromatic heterocycles. The number of benzene rings is 1. The number of aromatic amines is 1. The van der Waals surface area contributed by atoms with Crippen LogP contribution in [-0.4, -0.2) is 34.8 Å². The van der Waals surface area contributed by atoms with Crippen molar-refractivity contribution in [3.8, 4) is 0 Å². The lowest BCUT2D eigenvalue weighted by Gasteiger charge is -2.18. The van der Waals surface area contributed by atoms with E-state index in [1.165, 1.54) is 0 Å². The Bertz CT molecular complexity index is 1070. The van der Waals surface area contributed by atoms with Gasteiger partial charge in [0.25, 0.3) is 0 Å². The minimum atomic E-state index is -0.646. The van der Waals surface area contributed by atoms with Gasteiger partial charge in [0.05, 0.1) is 11.8 Å². The van der Waals surface area contributed by atoms with Gasteiger partial charge in [-0.1, -0.05) is 0 Å². The fourth-order valence-corrected chi connectivity index (χ4v) is 3.82. The van der Waals surface area contributed by atoms with E-state index in [1.807, 2.05) is 12.3 Å². The molecule has 0 saturated heterocycles. The van der Waals surface area contributed by atoms with Crippen molar-refractivity contribution < 1.29 is 18.4 Å². The molecule has 1 aliphatic rings. The van der Waals surface area contributed by atoms with Crippen LogP contribution in [-0.2, 0) is 9.59 Å². The summed E-state index contributed by atoms with van der Waals surface area (Å²) in [7, 11) is 0. The average Bonchev–Trinajstić information content (AvgIpc) is 3.13. The molecule has 1 fully saturated rings. The van der Waals surface area contributed by atoms with Crippen LogP contribution < -0.4 is 16.4 Å². The second kappa shape index (κ2) is 8.20. The topological polar surface area (TPSA) is 117 Å². The quantitative estimate of drug-likeness (QED) is 0.521. The minimum absolute atomic E-state index is 0.0783. The predicted molar refractivity (Wildman–Crippen MR) is 110 cm³/mol.